The highest BCUT2D eigenvalue weighted by Crippen LogP contribution is 2.30. The molecule has 1 heterocycles. The SMILES string of the molecule is COc1ccc(NC(C)=O)cc1NS(=O)(=O)c1ccc2c(c1)oc(=O)n2C. The number of benzene rings is 2. The normalized spacial score (nSPS) is 11.4. The lowest BCUT2D eigenvalue weighted by atomic mass is 10.2. The van der Waals surface area contributed by atoms with Gasteiger partial charge in [-0.25, -0.2) is 13.2 Å². The first-order chi connectivity index (χ1) is 12.7. The Hall–Kier alpha value is -3.27. The largest absolute Gasteiger partial charge is 0.495 e. The van der Waals surface area contributed by atoms with Crippen molar-refractivity contribution in [3.63, 3.8) is 0 Å². The number of hydrogen-bond acceptors (Lipinski definition) is 6. The summed E-state index contributed by atoms with van der Waals surface area (Å²) in [6.07, 6.45) is 0. The predicted octanol–water partition coefficient (Wildman–Crippen LogP) is 1.90. The van der Waals surface area contributed by atoms with Crippen LogP contribution in [0.3, 0.4) is 0 Å². The van der Waals surface area contributed by atoms with Gasteiger partial charge in [0.1, 0.15) is 5.75 Å². The van der Waals surface area contributed by atoms with E-state index in [2.05, 4.69) is 10.0 Å². The molecule has 0 saturated heterocycles. The molecule has 9 nitrogen and oxygen atoms in total. The lowest BCUT2D eigenvalue weighted by Crippen LogP contribution is -2.14. The van der Waals surface area contributed by atoms with Gasteiger partial charge in [0, 0.05) is 25.7 Å². The number of nitrogens with zero attached hydrogens (tertiary/aromatic N) is 1. The summed E-state index contributed by atoms with van der Waals surface area (Å²) in [5.41, 5.74) is 1.19. The standard InChI is InChI=1S/C17H17N3O6S/c1-10(21)18-11-4-7-15(25-3)13(8-11)19-27(23,24)12-5-6-14-16(9-12)26-17(22)20(14)2/h4-9,19H,1-3H3,(H,18,21). The zero-order valence-corrected chi connectivity index (χ0v) is 15.6. The fourth-order valence-corrected chi connectivity index (χ4v) is 3.63. The van der Waals surface area contributed by atoms with Crippen LogP contribution in [0.2, 0.25) is 0 Å². The van der Waals surface area contributed by atoms with E-state index in [9.17, 15) is 18.0 Å². The maximum atomic E-state index is 12.8. The Bertz CT molecular complexity index is 1190. The van der Waals surface area contributed by atoms with E-state index in [1.54, 1.807) is 6.07 Å². The molecular formula is C17H17N3O6S. The van der Waals surface area contributed by atoms with Crippen LogP contribution in [0.5, 0.6) is 5.75 Å². The van der Waals surface area contributed by atoms with Crippen LogP contribution in [-0.2, 0) is 21.9 Å². The number of oxazole rings is 1. The Morgan fingerprint density at radius 3 is 2.59 bits per heavy atom. The van der Waals surface area contributed by atoms with Gasteiger partial charge in [-0.1, -0.05) is 0 Å². The molecule has 142 valence electrons. The summed E-state index contributed by atoms with van der Waals surface area (Å²) in [5, 5.41) is 2.57. The second kappa shape index (κ2) is 6.80. The highest BCUT2D eigenvalue weighted by molar-refractivity contribution is 7.92. The molecular weight excluding hydrogens is 374 g/mol. The van der Waals surface area contributed by atoms with Crippen molar-refractivity contribution in [2.45, 2.75) is 11.8 Å². The minimum absolute atomic E-state index is 0.0867. The molecule has 1 amide bonds. The molecule has 0 unspecified atom stereocenters. The summed E-state index contributed by atoms with van der Waals surface area (Å²) in [6.45, 7) is 1.34. The number of aromatic nitrogens is 1. The number of rotatable bonds is 5. The Balaban J connectivity index is 2.01. The predicted molar refractivity (Wildman–Crippen MR) is 99.6 cm³/mol. The lowest BCUT2D eigenvalue weighted by molar-refractivity contribution is -0.114. The number of amides is 1. The molecule has 0 aliphatic rings. The second-order valence-corrected chi connectivity index (χ2v) is 7.44. The third kappa shape index (κ3) is 3.65. The number of ether oxygens (including phenoxy) is 1. The van der Waals surface area contributed by atoms with E-state index in [0.717, 1.165) is 0 Å². The number of anilines is 2. The van der Waals surface area contributed by atoms with Gasteiger partial charge in [0.25, 0.3) is 10.0 Å². The highest BCUT2D eigenvalue weighted by Gasteiger charge is 2.19. The molecule has 27 heavy (non-hydrogen) atoms. The summed E-state index contributed by atoms with van der Waals surface area (Å²) < 4.78 is 39.4. The Kier molecular flexibility index (Phi) is 4.66. The van der Waals surface area contributed by atoms with E-state index in [-0.39, 0.29) is 27.8 Å². The van der Waals surface area contributed by atoms with E-state index in [0.29, 0.717) is 11.2 Å². The molecule has 3 aromatic rings. The van der Waals surface area contributed by atoms with E-state index >= 15 is 0 Å². The zero-order chi connectivity index (χ0) is 19.8. The summed E-state index contributed by atoms with van der Waals surface area (Å²) in [7, 11) is -1.07. The second-order valence-electron chi connectivity index (χ2n) is 5.76. The van der Waals surface area contributed by atoms with Crippen LogP contribution in [0.15, 0.2) is 50.5 Å². The average molecular weight is 391 g/mol. The van der Waals surface area contributed by atoms with Gasteiger partial charge in [0.05, 0.1) is 23.2 Å². The molecule has 1 aromatic heterocycles. The maximum Gasteiger partial charge on any atom is 0.419 e. The number of nitrogens with one attached hydrogen (secondary N) is 2. The number of hydrogen-bond donors (Lipinski definition) is 2. The van der Waals surface area contributed by atoms with Crippen LogP contribution in [-0.4, -0.2) is 26.0 Å². The van der Waals surface area contributed by atoms with Crippen LogP contribution in [0, 0.1) is 0 Å². The molecule has 3 rings (SSSR count). The van der Waals surface area contributed by atoms with Crippen LogP contribution < -0.4 is 20.5 Å². The van der Waals surface area contributed by atoms with Crippen molar-refractivity contribution < 1.29 is 22.4 Å². The van der Waals surface area contributed by atoms with Crippen LogP contribution in [0.4, 0.5) is 11.4 Å². The quantitative estimate of drug-likeness (QED) is 0.685. The number of carbonyl (C=O) groups is 1. The van der Waals surface area contributed by atoms with Crippen molar-refractivity contribution in [1.29, 1.82) is 0 Å². The Morgan fingerprint density at radius 1 is 1.19 bits per heavy atom. The van der Waals surface area contributed by atoms with Crippen molar-refractivity contribution in [2.24, 2.45) is 7.05 Å². The van der Waals surface area contributed by atoms with Crippen LogP contribution >= 0.6 is 0 Å². The lowest BCUT2D eigenvalue weighted by Gasteiger charge is -2.13. The fourth-order valence-electron chi connectivity index (χ4n) is 2.55. The Morgan fingerprint density at radius 2 is 1.93 bits per heavy atom. The maximum absolute atomic E-state index is 12.8. The van der Waals surface area contributed by atoms with Crippen LogP contribution in [0.25, 0.3) is 11.1 Å². The van der Waals surface area contributed by atoms with Crippen molar-refractivity contribution in [3.8, 4) is 5.75 Å². The first kappa shape index (κ1) is 18.5. The molecule has 0 bridgehead atoms. The van der Waals surface area contributed by atoms with Crippen molar-refractivity contribution >= 4 is 38.4 Å². The molecule has 2 N–H and O–H groups in total. The summed E-state index contributed by atoms with van der Waals surface area (Å²) in [5.74, 6) is -0.601. The molecule has 10 heteroatoms. The molecule has 0 saturated carbocycles. The van der Waals surface area contributed by atoms with Crippen LogP contribution in [0.1, 0.15) is 6.92 Å². The van der Waals surface area contributed by atoms with Gasteiger partial charge in [0.2, 0.25) is 5.91 Å². The monoisotopic (exact) mass is 391 g/mol. The van der Waals surface area contributed by atoms with E-state index in [4.69, 9.17) is 9.15 Å². The smallest absolute Gasteiger partial charge is 0.419 e. The number of methoxy groups -OCH3 is 1. The number of fused-ring (bicyclic) bond motifs is 1. The van der Waals surface area contributed by atoms with E-state index in [1.807, 2.05) is 0 Å². The first-order valence-electron chi connectivity index (χ1n) is 7.79. The number of aryl methyl sites for hydroxylation is 1. The zero-order valence-electron chi connectivity index (χ0n) is 14.8. The summed E-state index contributed by atoms with van der Waals surface area (Å²) >= 11 is 0. The Labute approximate surface area is 154 Å². The van der Waals surface area contributed by atoms with Gasteiger partial charge in [-0.2, -0.15) is 0 Å². The third-order valence-electron chi connectivity index (χ3n) is 3.84. The van der Waals surface area contributed by atoms with Gasteiger partial charge < -0.3 is 14.5 Å². The molecule has 2 aromatic carbocycles. The van der Waals surface area contributed by atoms with Crippen molar-refractivity contribution in [1.82, 2.24) is 4.57 Å². The molecule has 0 spiro atoms. The van der Waals surface area contributed by atoms with Crippen molar-refractivity contribution in [3.05, 3.63) is 46.9 Å². The van der Waals surface area contributed by atoms with E-state index < -0.39 is 15.8 Å². The number of sulfonamides is 1. The molecule has 0 atom stereocenters. The highest BCUT2D eigenvalue weighted by atomic mass is 32.2. The molecule has 0 radical (unpaired) electrons. The minimum Gasteiger partial charge on any atom is -0.495 e. The van der Waals surface area contributed by atoms with Gasteiger partial charge in [0.15, 0.2) is 5.58 Å². The minimum atomic E-state index is -4.00. The van der Waals surface area contributed by atoms with Gasteiger partial charge >= 0.3 is 5.76 Å². The number of carbonyl (C=O) groups excluding carboxylic acids is 1. The first-order valence-corrected chi connectivity index (χ1v) is 9.27. The average Bonchev–Trinajstić information content (AvgIpc) is 2.88. The molecule has 0 aliphatic heterocycles. The van der Waals surface area contributed by atoms with E-state index in [1.165, 1.54) is 56.0 Å². The summed E-state index contributed by atoms with van der Waals surface area (Å²) in [4.78, 5) is 22.7. The topological polar surface area (TPSA) is 120 Å². The molecule has 0 fully saturated rings. The van der Waals surface area contributed by atoms with Gasteiger partial charge in [-0.15, -0.1) is 0 Å². The third-order valence-corrected chi connectivity index (χ3v) is 5.20. The van der Waals surface area contributed by atoms with Gasteiger partial charge in [-0.3, -0.25) is 14.1 Å². The fraction of sp³-hybridized carbons (Fsp3) is 0.176. The molecule has 0 aliphatic carbocycles. The van der Waals surface area contributed by atoms with Crippen molar-refractivity contribution in [2.75, 3.05) is 17.1 Å². The summed E-state index contributed by atoms with van der Waals surface area (Å²) in [6, 6.07) is 8.68. The van der Waals surface area contributed by atoms with Gasteiger partial charge in [-0.05, 0) is 30.3 Å².